The minimum Gasteiger partial charge on any atom is -0.411 e. The fraction of sp³-hybridized carbons (Fsp3) is 0.750. The van der Waals surface area contributed by atoms with Gasteiger partial charge in [-0.3, -0.25) is 0 Å². The maximum absolute atomic E-state index is 8.84. The van der Waals surface area contributed by atoms with E-state index in [-0.39, 0.29) is 5.41 Å². The molecule has 78 valence electrons. The fourth-order valence-electron chi connectivity index (χ4n) is 3.24. The molecule has 0 aromatic carbocycles. The van der Waals surface area contributed by atoms with Gasteiger partial charge in [0.1, 0.15) is 0 Å². The molecule has 1 N–H and O–H groups in total. The summed E-state index contributed by atoms with van der Waals surface area (Å²) in [6.45, 7) is 6.91. The van der Waals surface area contributed by atoms with Crippen molar-refractivity contribution in [2.24, 2.45) is 16.0 Å². The predicted molar refractivity (Wildman–Crippen MR) is 57.7 cm³/mol. The molecule has 2 nitrogen and oxygen atoms in total. The average molecular weight is 193 g/mol. The molecule has 2 aliphatic rings. The maximum Gasteiger partial charge on any atom is 0.0804 e. The van der Waals surface area contributed by atoms with Gasteiger partial charge in [-0.25, -0.2) is 0 Å². The van der Waals surface area contributed by atoms with E-state index in [0.29, 0.717) is 5.41 Å². The second-order valence-electron chi connectivity index (χ2n) is 5.62. The number of hydrogen-bond donors (Lipinski definition) is 1. The molecule has 1 saturated carbocycles. The van der Waals surface area contributed by atoms with Crippen LogP contribution in [0.4, 0.5) is 0 Å². The van der Waals surface area contributed by atoms with Crippen molar-refractivity contribution in [2.45, 2.75) is 46.5 Å². The number of oxime groups is 1. The van der Waals surface area contributed by atoms with Crippen LogP contribution in [-0.4, -0.2) is 10.9 Å². The fourth-order valence-corrected chi connectivity index (χ4v) is 3.24. The second-order valence-corrected chi connectivity index (χ2v) is 5.62. The summed E-state index contributed by atoms with van der Waals surface area (Å²) in [4.78, 5) is 0. The minimum atomic E-state index is 0.267. The van der Waals surface area contributed by atoms with Crippen LogP contribution in [0, 0.1) is 10.8 Å². The Hall–Kier alpha value is -0.790. The van der Waals surface area contributed by atoms with Crippen LogP contribution in [-0.2, 0) is 0 Å². The van der Waals surface area contributed by atoms with Gasteiger partial charge in [0.2, 0.25) is 0 Å². The molecule has 14 heavy (non-hydrogen) atoms. The molecular formula is C12H19NO. The van der Waals surface area contributed by atoms with Crippen molar-refractivity contribution in [2.75, 3.05) is 0 Å². The normalized spacial score (nSPS) is 38.2. The Morgan fingerprint density at radius 1 is 1.29 bits per heavy atom. The van der Waals surface area contributed by atoms with Crippen LogP contribution >= 0.6 is 0 Å². The molecular weight excluding hydrogens is 174 g/mol. The van der Waals surface area contributed by atoms with Crippen molar-refractivity contribution in [3.8, 4) is 0 Å². The van der Waals surface area contributed by atoms with Crippen LogP contribution in [0.1, 0.15) is 46.5 Å². The first-order valence-electron chi connectivity index (χ1n) is 5.42. The van der Waals surface area contributed by atoms with Crippen LogP contribution in [0.5, 0.6) is 0 Å². The highest BCUT2D eigenvalue weighted by Crippen LogP contribution is 2.55. The third-order valence-corrected chi connectivity index (χ3v) is 3.92. The van der Waals surface area contributed by atoms with Crippen molar-refractivity contribution >= 4 is 5.71 Å². The predicted octanol–water partition coefficient (Wildman–Crippen LogP) is 3.36. The average Bonchev–Trinajstić information content (AvgIpc) is 2.43. The van der Waals surface area contributed by atoms with E-state index in [1.54, 1.807) is 0 Å². The lowest BCUT2D eigenvalue weighted by atomic mass is 9.62. The lowest BCUT2D eigenvalue weighted by Gasteiger charge is -2.43. The van der Waals surface area contributed by atoms with E-state index in [0.717, 1.165) is 12.1 Å². The van der Waals surface area contributed by atoms with Gasteiger partial charge in [0, 0.05) is 6.42 Å². The van der Waals surface area contributed by atoms with Crippen molar-refractivity contribution in [1.29, 1.82) is 0 Å². The Labute approximate surface area is 85.7 Å². The Balaban J connectivity index is 2.42. The molecule has 0 spiro atoms. The maximum atomic E-state index is 8.84. The van der Waals surface area contributed by atoms with Gasteiger partial charge in [-0.1, -0.05) is 37.9 Å². The van der Waals surface area contributed by atoms with Gasteiger partial charge in [0.15, 0.2) is 0 Å². The van der Waals surface area contributed by atoms with Crippen LogP contribution in [0.3, 0.4) is 0 Å². The van der Waals surface area contributed by atoms with Gasteiger partial charge in [-0.05, 0) is 29.7 Å². The SMILES string of the molecule is CC1(C)CCCC2(C)C/C(=N/O)C=C12. The number of nitrogens with zero attached hydrogens (tertiary/aromatic N) is 1. The van der Waals surface area contributed by atoms with Gasteiger partial charge < -0.3 is 5.21 Å². The smallest absolute Gasteiger partial charge is 0.0804 e. The summed E-state index contributed by atoms with van der Waals surface area (Å²) in [6.07, 6.45) is 6.81. The van der Waals surface area contributed by atoms with E-state index in [4.69, 9.17) is 5.21 Å². The van der Waals surface area contributed by atoms with E-state index in [2.05, 4.69) is 32.0 Å². The van der Waals surface area contributed by atoms with Crippen LogP contribution in [0.25, 0.3) is 0 Å². The molecule has 1 atom stereocenters. The molecule has 0 radical (unpaired) electrons. The second kappa shape index (κ2) is 2.85. The summed E-state index contributed by atoms with van der Waals surface area (Å²) in [5.41, 5.74) is 2.91. The molecule has 2 aliphatic carbocycles. The molecule has 0 aromatic rings. The highest BCUT2D eigenvalue weighted by Gasteiger charge is 2.45. The summed E-state index contributed by atoms with van der Waals surface area (Å²) in [5.74, 6) is 0. The number of rotatable bonds is 0. The molecule has 0 bridgehead atoms. The number of fused-ring (bicyclic) bond motifs is 1. The quantitative estimate of drug-likeness (QED) is 0.464. The van der Waals surface area contributed by atoms with Gasteiger partial charge in [0.05, 0.1) is 5.71 Å². The first kappa shape index (κ1) is 9.75. The first-order valence-corrected chi connectivity index (χ1v) is 5.42. The largest absolute Gasteiger partial charge is 0.411 e. The van der Waals surface area contributed by atoms with Crippen molar-refractivity contribution < 1.29 is 5.21 Å². The summed E-state index contributed by atoms with van der Waals surface area (Å²) < 4.78 is 0. The Morgan fingerprint density at radius 3 is 2.57 bits per heavy atom. The highest BCUT2D eigenvalue weighted by atomic mass is 16.4. The minimum absolute atomic E-state index is 0.267. The molecule has 2 heteroatoms. The number of allylic oxidation sites excluding steroid dienone is 2. The third kappa shape index (κ3) is 1.28. The first-order chi connectivity index (χ1) is 6.48. The molecule has 0 saturated heterocycles. The zero-order valence-corrected chi connectivity index (χ0v) is 9.30. The molecule has 0 aliphatic heterocycles. The molecule has 1 unspecified atom stereocenters. The van der Waals surface area contributed by atoms with E-state index in [1.807, 2.05) is 0 Å². The monoisotopic (exact) mass is 193 g/mol. The van der Waals surface area contributed by atoms with Crippen molar-refractivity contribution in [3.63, 3.8) is 0 Å². The summed E-state index contributed by atoms with van der Waals surface area (Å²) in [5, 5.41) is 12.2. The molecule has 1 fully saturated rings. The summed E-state index contributed by atoms with van der Waals surface area (Å²) in [6, 6.07) is 0. The van der Waals surface area contributed by atoms with Crippen LogP contribution < -0.4 is 0 Å². The standard InChI is InChI=1S/C12H19NO/c1-11(2)5-4-6-12(3)8-9(13-14)7-10(11)12/h7,14H,4-6,8H2,1-3H3/b13-9+. The zero-order chi connectivity index (χ0) is 10.4. The van der Waals surface area contributed by atoms with Crippen LogP contribution in [0.2, 0.25) is 0 Å². The van der Waals surface area contributed by atoms with Crippen molar-refractivity contribution in [3.05, 3.63) is 11.6 Å². The van der Waals surface area contributed by atoms with Crippen LogP contribution in [0.15, 0.2) is 16.8 Å². The molecule has 0 heterocycles. The highest BCUT2D eigenvalue weighted by molar-refractivity contribution is 5.99. The Morgan fingerprint density at radius 2 is 2.00 bits per heavy atom. The van der Waals surface area contributed by atoms with E-state index in [9.17, 15) is 0 Å². The molecule has 0 aromatic heterocycles. The van der Waals surface area contributed by atoms with E-state index < -0.39 is 0 Å². The molecule has 2 rings (SSSR count). The topological polar surface area (TPSA) is 32.6 Å². The van der Waals surface area contributed by atoms with Gasteiger partial charge >= 0.3 is 0 Å². The van der Waals surface area contributed by atoms with E-state index >= 15 is 0 Å². The lowest BCUT2D eigenvalue weighted by Crippen LogP contribution is -2.31. The zero-order valence-electron chi connectivity index (χ0n) is 9.30. The Kier molecular flexibility index (Phi) is 1.98. The third-order valence-electron chi connectivity index (χ3n) is 3.92. The van der Waals surface area contributed by atoms with E-state index in [1.165, 1.54) is 24.8 Å². The van der Waals surface area contributed by atoms with Gasteiger partial charge in [-0.15, -0.1) is 0 Å². The summed E-state index contributed by atoms with van der Waals surface area (Å²) in [7, 11) is 0. The molecule has 0 amide bonds. The van der Waals surface area contributed by atoms with Crippen molar-refractivity contribution in [1.82, 2.24) is 0 Å². The van der Waals surface area contributed by atoms with Gasteiger partial charge in [-0.2, -0.15) is 0 Å². The van der Waals surface area contributed by atoms with Gasteiger partial charge in [0.25, 0.3) is 0 Å². The summed E-state index contributed by atoms with van der Waals surface area (Å²) >= 11 is 0. The number of hydrogen-bond acceptors (Lipinski definition) is 2. The lowest BCUT2D eigenvalue weighted by molar-refractivity contribution is 0.211. The Bertz CT molecular complexity index is 314.